The second-order valence-electron chi connectivity index (χ2n) is 8.49. The summed E-state index contributed by atoms with van der Waals surface area (Å²) in [6.07, 6.45) is -0.982. The van der Waals surface area contributed by atoms with E-state index in [1.54, 1.807) is 49.4 Å². The van der Waals surface area contributed by atoms with Gasteiger partial charge in [-0.15, -0.1) is 10.2 Å². The van der Waals surface area contributed by atoms with Crippen LogP contribution in [0.5, 0.6) is 11.5 Å². The molecule has 0 saturated heterocycles. The van der Waals surface area contributed by atoms with Crippen LogP contribution in [0.4, 0.5) is 11.4 Å². The lowest BCUT2D eigenvalue weighted by Crippen LogP contribution is -2.22. The molecule has 0 aliphatic heterocycles. The number of ether oxygens (including phenoxy) is 1. The molecule has 1 heterocycles. The zero-order chi connectivity index (χ0) is 26.0. The van der Waals surface area contributed by atoms with Crippen molar-refractivity contribution in [3.05, 3.63) is 87.8 Å². The van der Waals surface area contributed by atoms with Crippen molar-refractivity contribution in [3.63, 3.8) is 0 Å². The van der Waals surface area contributed by atoms with Crippen LogP contribution in [0.2, 0.25) is 0 Å². The average Bonchev–Trinajstić information content (AvgIpc) is 3.14. The summed E-state index contributed by atoms with van der Waals surface area (Å²) >= 11 is 0. The van der Waals surface area contributed by atoms with Crippen molar-refractivity contribution in [2.45, 2.75) is 33.8 Å². The molecule has 0 radical (unpaired) electrons. The number of nitrogens with one attached hydrogen (secondary N) is 1. The van der Waals surface area contributed by atoms with E-state index in [0.29, 0.717) is 28.3 Å². The Labute approximate surface area is 207 Å². The summed E-state index contributed by atoms with van der Waals surface area (Å²) in [5.41, 5.74) is 4.61. The number of carboxylic acids is 1. The molecule has 9 heteroatoms. The van der Waals surface area contributed by atoms with Crippen LogP contribution < -0.4 is 10.3 Å². The first-order valence-electron chi connectivity index (χ1n) is 11.3. The number of aryl methyl sites for hydroxylation is 3. The lowest BCUT2D eigenvalue weighted by atomic mass is 10.0. The average molecular weight is 487 g/mol. The van der Waals surface area contributed by atoms with Crippen LogP contribution in [0.1, 0.15) is 23.7 Å². The highest BCUT2D eigenvalue weighted by Gasteiger charge is 2.15. The first kappa shape index (κ1) is 24.5. The molecule has 1 unspecified atom stereocenters. The van der Waals surface area contributed by atoms with Gasteiger partial charge in [-0.05, 0) is 74.7 Å². The Hall–Kier alpha value is -4.66. The Morgan fingerprint density at radius 3 is 2.39 bits per heavy atom. The van der Waals surface area contributed by atoms with E-state index < -0.39 is 12.1 Å². The fraction of sp³-hybridized carbons (Fsp3) is 0.185. The number of aromatic hydroxyl groups is 1. The van der Waals surface area contributed by atoms with E-state index in [1.165, 1.54) is 11.6 Å². The summed E-state index contributed by atoms with van der Waals surface area (Å²) in [6, 6.07) is 17.4. The molecule has 0 aliphatic carbocycles. The number of carboxylic acid groups (broad SMARTS) is 1. The van der Waals surface area contributed by atoms with Gasteiger partial charge in [-0.1, -0.05) is 30.3 Å². The number of benzene rings is 3. The number of phenols is 1. The summed E-state index contributed by atoms with van der Waals surface area (Å²) in [4.78, 5) is 24.0. The Balaban J connectivity index is 1.61. The van der Waals surface area contributed by atoms with Crippen LogP contribution in [-0.4, -0.2) is 32.1 Å². The Morgan fingerprint density at radius 2 is 1.72 bits per heavy atom. The van der Waals surface area contributed by atoms with E-state index in [9.17, 15) is 14.7 Å². The molecule has 0 spiro atoms. The highest BCUT2D eigenvalue weighted by atomic mass is 16.5. The minimum Gasteiger partial charge on any atom is -0.505 e. The van der Waals surface area contributed by atoms with Crippen LogP contribution in [0.25, 0.3) is 16.8 Å². The standard InChI is InChI=1S/C27H26N4O5/c1-15-8-11-20(14-16(15)2)31-26(33)24(17(3)30-31)29-28-23-7-5-6-22(25(23)32)19-9-12-21(13-10-19)36-18(4)27(34)35/h5-14,18,30,32H,1-4H3,(H,34,35). The summed E-state index contributed by atoms with van der Waals surface area (Å²) in [5, 5.41) is 31.1. The van der Waals surface area contributed by atoms with Crippen molar-refractivity contribution in [1.82, 2.24) is 9.78 Å². The zero-order valence-corrected chi connectivity index (χ0v) is 20.3. The number of phenolic OH excluding ortho intramolecular Hbond substituents is 1. The normalized spacial score (nSPS) is 12.1. The van der Waals surface area contributed by atoms with E-state index in [2.05, 4.69) is 15.3 Å². The number of hydrogen-bond acceptors (Lipinski definition) is 6. The number of aromatic amines is 1. The minimum atomic E-state index is -1.06. The molecule has 184 valence electrons. The lowest BCUT2D eigenvalue weighted by molar-refractivity contribution is -0.144. The van der Waals surface area contributed by atoms with Crippen molar-refractivity contribution in [2.75, 3.05) is 0 Å². The zero-order valence-electron chi connectivity index (χ0n) is 20.3. The molecule has 3 aromatic carbocycles. The first-order chi connectivity index (χ1) is 17.2. The molecule has 0 aliphatic rings. The van der Waals surface area contributed by atoms with Gasteiger partial charge >= 0.3 is 5.97 Å². The molecule has 1 aromatic heterocycles. The molecule has 4 rings (SSSR count). The quantitative estimate of drug-likeness (QED) is 0.287. The molecule has 0 bridgehead atoms. The largest absolute Gasteiger partial charge is 0.505 e. The van der Waals surface area contributed by atoms with E-state index in [-0.39, 0.29) is 22.7 Å². The predicted octanol–water partition coefficient (Wildman–Crippen LogP) is 5.73. The van der Waals surface area contributed by atoms with E-state index >= 15 is 0 Å². The van der Waals surface area contributed by atoms with Gasteiger partial charge in [-0.3, -0.25) is 9.89 Å². The van der Waals surface area contributed by atoms with Gasteiger partial charge in [0, 0.05) is 5.56 Å². The third-order valence-corrected chi connectivity index (χ3v) is 5.89. The van der Waals surface area contributed by atoms with Crippen molar-refractivity contribution in [1.29, 1.82) is 0 Å². The maximum absolute atomic E-state index is 13.0. The lowest BCUT2D eigenvalue weighted by Gasteiger charge is -2.11. The van der Waals surface area contributed by atoms with Crippen molar-refractivity contribution >= 4 is 17.3 Å². The van der Waals surface area contributed by atoms with Gasteiger partial charge in [0.1, 0.15) is 11.4 Å². The number of aliphatic carboxylic acids is 1. The number of H-pyrrole nitrogens is 1. The molecule has 0 amide bonds. The summed E-state index contributed by atoms with van der Waals surface area (Å²) in [6.45, 7) is 7.16. The number of rotatable bonds is 7. The van der Waals surface area contributed by atoms with Gasteiger partial charge in [0.05, 0.1) is 11.4 Å². The number of aromatic nitrogens is 2. The maximum atomic E-state index is 13.0. The summed E-state index contributed by atoms with van der Waals surface area (Å²) in [5.74, 6) is -0.767. The number of para-hydroxylation sites is 1. The monoisotopic (exact) mass is 486 g/mol. The number of azo groups is 1. The molecule has 3 N–H and O–H groups in total. The second-order valence-corrected chi connectivity index (χ2v) is 8.49. The van der Waals surface area contributed by atoms with Crippen molar-refractivity contribution in [3.8, 4) is 28.3 Å². The summed E-state index contributed by atoms with van der Waals surface area (Å²) in [7, 11) is 0. The number of hydrogen-bond donors (Lipinski definition) is 3. The SMILES string of the molecule is Cc1ccc(-n2[nH]c(C)c(N=Nc3cccc(-c4ccc(OC(C)C(=O)O)cc4)c3O)c2=O)cc1C. The van der Waals surface area contributed by atoms with E-state index in [0.717, 1.165) is 11.1 Å². The highest BCUT2D eigenvalue weighted by Crippen LogP contribution is 2.38. The van der Waals surface area contributed by atoms with E-state index in [4.69, 9.17) is 9.84 Å². The fourth-order valence-electron chi connectivity index (χ4n) is 3.62. The van der Waals surface area contributed by atoms with Crippen LogP contribution in [-0.2, 0) is 4.79 Å². The predicted molar refractivity (Wildman–Crippen MR) is 136 cm³/mol. The van der Waals surface area contributed by atoms with E-state index in [1.807, 2.05) is 32.0 Å². The minimum absolute atomic E-state index is 0.100. The number of nitrogens with zero attached hydrogens (tertiary/aromatic N) is 3. The summed E-state index contributed by atoms with van der Waals surface area (Å²) < 4.78 is 6.76. The molecule has 4 aromatic rings. The van der Waals surface area contributed by atoms with Gasteiger partial charge in [0.2, 0.25) is 0 Å². The van der Waals surface area contributed by atoms with Crippen LogP contribution >= 0.6 is 0 Å². The van der Waals surface area contributed by atoms with Gasteiger partial charge < -0.3 is 14.9 Å². The van der Waals surface area contributed by atoms with Crippen LogP contribution in [0.15, 0.2) is 75.7 Å². The van der Waals surface area contributed by atoms with Gasteiger partial charge in [-0.2, -0.15) is 0 Å². The molecule has 0 fully saturated rings. The molecule has 9 nitrogen and oxygen atoms in total. The molecule has 1 atom stereocenters. The maximum Gasteiger partial charge on any atom is 0.344 e. The molecular weight excluding hydrogens is 460 g/mol. The third-order valence-electron chi connectivity index (χ3n) is 5.89. The van der Waals surface area contributed by atoms with Gasteiger partial charge in [0.15, 0.2) is 17.5 Å². The second kappa shape index (κ2) is 9.91. The van der Waals surface area contributed by atoms with Crippen LogP contribution in [0, 0.1) is 20.8 Å². The molecule has 36 heavy (non-hydrogen) atoms. The first-order valence-corrected chi connectivity index (χ1v) is 11.3. The van der Waals surface area contributed by atoms with Crippen LogP contribution in [0.3, 0.4) is 0 Å². The highest BCUT2D eigenvalue weighted by molar-refractivity contribution is 5.77. The Kier molecular flexibility index (Phi) is 6.73. The van der Waals surface area contributed by atoms with Gasteiger partial charge in [-0.25, -0.2) is 9.48 Å². The van der Waals surface area contributed by atoms with Crippen molar-refractivity contribution < 1.29 is 19.7 Å². The smallest absolute Gasteiger partial charge is 0.344 e. The number of carbonyl (C=O) groups is 1. The molecular formula is C27H26N4O5. The van der Waals surface area contributed by atoms with Crippen molar-refractivity contribution in [2.24, 2.45) is 10.2 Å². The third kappa shape index (κ3) is 4.90. The van der Waals surface area contributed by atoms with Gasteiger partial charge in [0.25, 0.3) is 5.56 Å². The Bertz CT molecular complexity index is 1520. The fourth-order valence-corrected chi connectivity index (χ4v) is 3.62. The topological polar surface area (TPSA) is 129 Å². The molecule has 0 saturated carbocycles. The Morgan fingerprint density at radius 1 is 1.00 bits per heavy atom.